The second kappa shape index (κ2) is 5.51. The van der Waals surface area contributed by atoms with Crippen LogP contribution in [0.3, 0.4) is 0 Å². The molecule has 1 aliphatic heterocycles. The maximum atomic E-state index is 12.8. The Morgan fingerprint density at radius 2 is 2.00 bits per heavy atom. The van der Waals surface area contributed by atoms with Crippen molar-refractivity contribution < 1.29 is 13.2 Å². The lowest BCUT2D eigenvalue weighted by atomic mass is 9.96. The molecule has 0 N–H and O–H groups in total. The topological polar surface area (TPSA) is 3.24 Å². The average molecular weight is 322 g/mol. The van der Waals surface area contributed by atoms with Gasteiger partial charge in [-0.1, -0.05) is 34.1 Å². The molecular weight excluding hydrogens is 307 g/mol. The molecule has 0 saturated carbocycles. The van der Waals surface area contributed by atoms with Crippen molar-refractivity contribution in [3.8, 4) is 0 Å². The van der Waals surface area contributed by atoms with Crippen molar-refractivity contribution in [3.63, 3.8) is 0 Å². The number of hydrogen-bond acceptors (Lipinski definition) is 1. The Kier molecular flexibility index (Phi) is 4.20. The number of anilines is 1. The number of para-hydroxylation sites is 1. The van der Waals surface area contributed by atoms with Crippen LogP contribution >= 0.6 is 15.9 Å². The van der Waals surface area contributed by atoms with Gasteiger partial charge in [0.25, 0.3) is 0 Å². The molecule has 0 amide bonds. The van der Waals surface area contributed by atoms with Gasteiger partial charge in [0.15, 0.2) is 0 Å². The van der Waals surface area contributed by atoms with Gasteiger partial charge in [-0.25, -0.2) is 0 Å². The van der Waals surface area contributed by atoms with Crippen LogP contribution in [0.25, 0.3) is 0 Å². The minimum atomic E-state index is -4.08. The Hall–Kier alpha value is -0.710. The second-order valence-corrected chi connectivity index (χ2v) is 5.15. The van der Waals surface area contributed by atoms with Gasteiger partial charge in [0, 0.05) is 24.1 Å². The molecule has 0 aromatic heterocycles. The zero-order valence-electron chi connectivity index (χ0n) is 9.88. The number of hydrogen-bond donors (Lipinski definition) is 0. The van der Waals surface area contributed by atoms with E-state index < -0.39 is 12.1 Å². The van der Waals surface area contributed by atoms with Gasteiger partial charge in [-0.15, -0.1) is 0 Å². The third-order valence-corrected chi connectivity index (χ3v) is 3.96. The van der Waals surface area contributed by atoms with E-state index in [2.05, 4.69) is 15.9 Å². The van der Waals surface area contributed by atoms with Crippen LogP contribution in [-0.4, -0.2) is 19.3 Å². The maximum absolute atomic E-state index is 12.8. The van der Waals surface area contributed by atoms with E-state index in [0.29, 0.717) is 18.3 Å². The minimum absolute atomic E-state index is 0.0769. The van der Waals surface area contributed by atoms with Crippen LogP contribution in [0.4, 0.5) is 18.9 Å². The van der Waals surface area contributed by atoms with Crippen LogP contribution in [0.2, 0.25) is 0 Å². The highest BCUT2D eigenvalue weighted by molar-refractivity contribution is 9.08. The molecule has 1 unspecified atom stereocenters. The van der Waals surface area contributed by atoms with E-state index in [4.69, 9.17) is 0 Å². The van der Waals surface area contributed by atoms with Gasteiger partial charge in [0.2, 0.25) is 0 Å². The van der Waals surface area contributed by atoms with Crippen molar-refractivity contribution in [2.45, 2.75) is 24.3 Å². The molecule has 18 heavy (non-hydrogen) atoms. The van der Waals surface area contributed by atoms with Crippen LogP contribution in [0.15, 0.2) is 24.3 Å². The monoisotopic (exact) mass is 321 g/mol. The summed E-state index contributed by atoms with van der Waals surface area (Å²) < 4.78 is 38.3. The lowest BCUT2D eigenvalue weighted by Crippen LogP contribution is -2.42. The fraction of sp³-hybridized carbons (Fsp3) is 0.538. The van der Waals surface area contributed by atoms with Gasteiger partial charge >= 0.3 is 6.18 Å². The smallest absolute Gasteiger partial charge is 0.371 e. The van der Waals surface area contributed by atoms with Crippen molar-refractivity contribution in [2.75, 3.05) is 18.0 Å². The molecule has 2 rings (SSSR count). The van der Waals surface area contributed by atoms with Crippen molar-refractivity contribution in [1.82, 2.24) is 0 Å². The van der Waals surface area contributed by atoms with Crippen LogP contribution in [0.5, 0.6) is 0 Å². The fourth-order valence-electron chi connectivity index (χ4n) is 2.40. The Morgan fingerprint density at radius 1 is 1.28 bits per heavy atom. The molecule has 1 fully saturated rings. The van der Waals surface area contributed by atoms with Crippen molar-refractivity contribution in [1.29, 1.82) is 0 Å². The van der Waals surface area contributed by atoms with Crippen molar-refractivity contribution in [3.05, 3.63) is 29.8 Å². The number of halogens is 4. The van der Waals surface area contributed by atoms with Gasteiger partial charge in [-0.2, -0.15) is 13.2 Å². The third kappa shape index (κ3) is 2.99. The molecule has 1 nitrogen and oxygen atoms in total. The molecule has 1 atom stereocenters. The standard InChI is InChI=1S/C13H15BrF3N/c14-8-10-4-1-2-6-12(10)18-7-3-5-11(9-18)13(15,16)17/h1-2,4,6,11H,3,5,7-9H2. The third-order valence-electron chi connectivity index (χ3n) is 3.36. The zero-order chi connectivity index (χ0) is 13.2. The predicted octanol–water partition coefficient (Wildman–Crippen LogP) is 4.36. The summed E-state index contributed by atoms with van der Waals surface area (Å²) in [5.74, 6) is -1.20. The SMILES string of the molecule is FC(F)(F)C1CCCN(c2ccccc2CBr)C1. The first-order valence-electron chi connectivity index (χ1n) is 5.98. The van der Waals surface area contributed by atoms with Crippen LogP contribution < -0.4 is 4.90 Å². The number of nitrogens with zero attached hydrogens (tertiary/aromatic N) is 1. The van der Waals surface area contributed by atoms with E-state index in [-0.39, 0.29) is 13.0 Å². The Bertz CT molecular complexity index is 405. The molecule has 5 heteroatoms. The number of piperidine rings is 1. The van der Waals surface area contributed by atoms with Crippen molar-refractivity contribution in [2.24, 2.45) is 5.92 Å². The molecule has 0 radical (unpaired) electrons. The quantitative estimate of drug-likeness (QED) is 0.731. The van der Waals surface area contributed by atoms with Gasteiger partial charge in [-0.3, -0.25) is 0 Å². The van der Waals surface area contributed by atoms with Gasteiger partial charge in [0.05, 0.1) is 5.92 Å². The molecule has 1 saturated heterocycles. The molecule has 0 bridgehead atoms. The number of benzene rings is 1. The molecule has 1 aromatic carbocycles. The molecule has 1 aliphatic rings. The highest BCUT2D eigenvalue weighted by atomic mass is 79.9. The van der Waals surface area contributed by atoms with E-state index in [0.717, 1.165) is 11.3 Å². The Morgan fingerprint density at radius 3 is 2.67 bits per heavy atom. The lowest BCUT2D eigenvalue weighted by molar-refractivity contribution is -0.175. The van der Waals surface area contributed by atoms with Gasteiger partial charge in [-0.05, 0) is 24.5 Å². The van der Waals surface area contributed by atoms with E-state index in [9.17, 15) is 13.2 Å². The number of rotatable bonds is 2. The van der Waals surface area contributed by atoms with E-state index >= 15 is 0 Å². The van der Waals surface area contributed by atoms with Crippen LogP contribution in [-0.2, 0) is 5.33 Å². The summed E-state index contributed by atoms with van der Waals surface area (Å²) in [6, 6.07) is 7.63. The normalized spacial score (nSPS) is 21.1. The molecule has 1 aromatic rings. The molecule has 0 spiro atoms. The summed E-state index contributed by atoms with van der Waals surface area (Å²) in [7, 11) is 0. The van der Waals surface area contributed by atoms with Crippen LogP contribution in [0.1, 0.15) is 18.4 Å². The summed E-state index contributed by atoms with van der Waals surface area (Å²) in [6.45, 7) is 0.782. The van der Waals surface area contributed by atoms with Crippen LogP contribution in [0, 0.1) is 5.92 Å². The highest BCUT2D eigenvalue weighted by Crippen LogP contribution is 2.35. The summed E-state index contributed by atoms with van der Waals surface area (Å²) in [5, 5.41) is 0.663. The molecule has 0 aliphatic carbocycles. The largest absolute Gasteiger partial charge is 0.393 e. The second-order valence-electron chi connectivity index (χ2n) is 4.59. The van der Waals surface area contributed by atoms with Gasteiger partial charge in [0.1, 0.15) is 0 Å². The molecule has 100 valence electrons. The summed E-state index contributed by atoms with van der Waals surface area (Å²) in [5.41, 5.74) is 1.96. The average Bonchev–Trinajstić information content (AvgIpc) is 2.38. The minimum Gasteiger partial charge on any atom is -0.371 e. The zero-order valence-corrected chi connectivity index (χ0v) is 11.5. The van der Waals surface area contributed by atoms with E-state index in [1.54, 1.807) is 0 Å². The number of alkyl halides is 4. The first-order valence-corrected chi connectivity index (χ1v) is 7.10. The highest BCUT2D eigenvalue weighted by Gasteiger charge is 2.41. The fourth-order valence-corrected chi connectivity index (χ4v) is 2.87. The first-order chi connectivity index (χ1) is 8.52. The summed E-state index contributed by atoms with van der Waals surface area (Å²) in [4.78, 5) is 1.86. The summed E-state index contributed by atoms with van der Waals surface area (Å²) in [6.07, 6.45) is -3.24. The van der Waals surface area contributed by atoms with E-state index in [1.807, 2.05) is 29.2 Å². The van der Waals surface area contributed by atoms with Crippen molar-refractivity contribution >= 4 is 21.6 Å². The lowest BCUT2D eigenvalue weighted by Gasteiger charge is -2.36. The predicted molar refractivity (Wildman–Crippen MR) is 70.1 cm³/mol. The van der Waals surface area contributed by atoms with E-state index in [1.165, 1.54) is 0 Å². The van der Waals surface area contributed by atoms with Gasteiger partial charge < -0.3 is 4.90 Å². The Labute approximate surface area is 113 Å². The first kappa shape index (κ1) is 13.7. The maximum Gasteiger partial charge on any atom is 0.393 e. The molecular formula is C13H15BrF3N. The summed E-state index contributed by atoms with van der Waals surface area (Å²) >= 11 is 3.38. The molecule has 1 heterocycles. The Balaban J connectivity index is 2.18.